The molecule has 0 radical (unpaired) electrons. The van der Waals surface area contributed by atoms with Crippen molar-refractivity contribution in [3.8, 4) is 11.1 Å². The highest BCUT2D eigenvalue weighted by atomic mass is 32.2. The first-order chi connectivity index (χ1) is 17.0. The molecule has 2 bridgehead atoms. The molecule has 6 rings (SSSR count). The van der Waals surface area contributed by atoms with Gasteiger partial charge in [-0.1, -0.05) is 0 Å². The predicted molar refractivity (Wildman–Crippen MR) is 129 cm³/mol. The second kappa shape index (κ2) is 8.71. The number of pyridine rings is 1. The number of aromatic nitrogens is 5. The van der Waals surface area contributed by atoms with E-state index in [1.54, 1.807) is 24.7 Å². The fourth-order valence-corrected chi connectivity index (χ4v) is 6.40. The minimum absolute atomic E-state index is 0.0600. The Kier molecular flexibility index (Phi) is 5.51. The number of hydrogen-bond donors (Lipinski definition) is 1. The molecule has 2 fully saturated rings. The van der Waals surface area contributed by atoms with Crippen LogP contribution in [0.2, 0.25) is 0 Å². The van der Waals surface area contributed by atoms with Gasteiger partial charge in [-0.15, -0.1) is 5.10 Å². The van der Waals surface area contributed by atoms with Crippen LogP contribution in [-0.4, -0.2) is 55.2 Å². The topological polar surface area (TPSA) is 71.2 Å². The Labute approximate surface area is 203 Å². The summed E-state index contributed by atoms with van der Waals surface area (Å²) in [6, 6.07) is 7.62. The zero-order chi connectivity index (χ0) is 24.1. The molecule has 5 heterocycles. The molecule has 7 nitrogen and oxygen atoms in total. The van der Waals surface area contributed by atoms with Gasteiger partial charge in [-0.3, -0.25) is 0 Å². The lowest BCUT2D eigenvalue weighted by Crippen LogP contribution is -2.56. The number of nitrogens with one attached hydrogen (secondary N) is 1. The second-order valence-corrected chi connectivity index (χ2v) is 10.1. The number of fused-ring (bicyclic) bond motifs is 3. The molecular weight excluding hydrogens is 475 g/mol. The van der Waals surface area contributed by atoms with E-state index in [2.05, 4.69) is 30.3 Å². The molecular formula is C24H22F3N7S. The first kappa shape index (κ1) is 22.1. The third kappa shape index (κ3) is 3.97. The van der Waals surface area contributed by atoms with E-state index >= 15 is 0 Å². The fraction of sp³-hybridized carbons (Fsp3) is 0.333. The Hall–Kier alpha value is -3.34. The Morgan fingerprint density at radius 2 is 1.80 bits per heavy atom. The second-order valence-electron chi connectivity index (χ2n) is 9.00. The third-order valence-corrected chi connectivity index (χ3v) is 8.01. The Morgan fingerprint density at radius 3 is 2.57 bits per heavy atom. The molecule has 0 amide bonds. The van der Waals surface area contributed by atoms with Crippen LogP contribution < -0.4 is 10.2 Å². The van der Waals surface area contributed by atoms with Gasteiger partial charge in [-0.2, -0.15) is 16.7 Å². The molecule has 2 saturated heterocycles. The smallest absolute Gasteiger partial charge is 0.243 e. The number of thioether (sulfide) groups is 1. The maximum absolute atomic E-state index is 14.5. The van der Waals surface area contributed by atoms with E-state index in [0.29, 0.717) is 29.0 Å². The molecule has 1 aromatic carbocycles. The van der Waals surface area contributed by atoms with E-state index in [1.807, 2.05) is 24.8 Å². The highest BCUT2D eigenvalue weighted by molar-refractivity contribution is 7.99. The van der Waals surface area contributed by atoms with Gasteiger partial charge in [0.15, 0.2) is 23.1 Å². The van der Waals surface area contributed by atoms with Crippen LogP contribution in [-0.2, 0) is 0 Å². The number of piperidine rings is 1. The van der Waals surface area contributed by atoms with Crippen molar-refractivity contribution >= 4 is 29.2 Å². The number of aryl methyl sites for hydroxylation is 1. The van der Waals surface area contributed by atoms with E-state index in [9.17, 15) is 13.2 Å². The van der Waals surface area contributed by atoms with Crippen molar-refractivity contribution in [2.75, 3.05) is 34.8 Å². The van der Waals surface area contributed by atoms with Crippen molar-refractivity contribution in [2.24, 2.45) is 11.8 Å². The van der Waals surface area contributed by atoms with Crippen LogP contribution in [0.4, 0.5) is 24.9 Å². The summed E-state index contributed by atoms with van der Waals surface area (Å²) in [6.07, 6.45) is 3.30. The first-order valence-electron chi connectivity index (χ1n) is 11.3. The van der Waals surface area contributed by atoms with Crippen LogP contribution >= 0.6 is 11.8 Å². The number of rotatable bonds is 4. The van der Waals surface area contributed by atoms with Crippen LogP contribution in [0.3, 0.4) is 0 Å². The molecule has 2 aliphatic rings. The molecule has 11 heteroatoms. The lowest BCUT2D eigenvalue weighted by molar-refractivity contribution is 0.313. The lowest BCUT2D eigenvalue weighted by Gasteiger charge is -2.47. The maximum atomic E-state index is 14.5. The summed E-state index contributed by atoms with van der Waals surface area (Å²) < 4.78 is 43.4. The third-order valence-electron chi connectivity index (χ3n) is 6.69. The summed E-state index contributed by atoms with van der Waals surface area (Å²) >= 11 is 1.96. The molecule has 0 saturated carbocycles. The zero-order valence-electron chi connectivity index (χ0n) is 18.8. The average molecular weight is 498 g/mol. The van der Waals surface area contributed by atoms with Gasteiger partial charge < -0.3 is 10.2 Å². The summed E-state index contributed by atoms with van der Waals surface area (Å²) in [5, 5.41) is 8.07. The Morgan fingerprint density at radius 1 is 1.00 bits per heavy atom. The predicted octanol–water partition coefficient (Wildman–Crippen LogP) is 4.19. The highest BCUT2D eigenvalue weighted by Crippen LogP contribution is 2.37. The molecule has 180 valence electrons. The Bertz CT molecular complexity index is 1400. The molecule has 0 aliphatic carbocycles. The van der Waals surface area contributed by atoms with Crippen molar-refractivity contribution in [1.82, 2.24) is 24.6 Å². The van der Waals surface area contributed by atoms with Crippen LogP contribution in [0.25, 0.3) is 16.8 Å². The van der Waals surface area contributed by atoms with E-state index in [-0.39, 0.29) is 11.6 Å². The lowest BCUT2D eigenvalue weighted by atomic mass is 9.85. The van der Waals surface area contributed by atoms with Crippen molar-refractivity contribution in [2.45, 2.75) is 13.0 Å². The van der Waals surface area contributed by atoms with Gasteiger partial charge in [0.25, 0.3) is 0 Å². The van der Waals surface area contributed by atoms with Gasteiger partial charge >= 0.3 is 0 Å². The molecule has 1 N–H and O–H groups in total. The summed E-state index contributed by atoms with van der Waals surface area (Å²) in [5.74, 6) is 0.138. The molecule has 0 spiro atoms. The van der Waals surface area contributed by atoms with Gasteiger partial charge in [0.1, 0.15) is 12.1 Å². The largest absolute Gasteiger partial charge is 0.356 e. The quantitative estimate of drug-likeness (QED) is 0.424. The van der Waals surface area contributed by atoms with Crippen molar-refractivity contribution in [1.29, 1.82) is 0 Å². The molecule has 3 aromatic heterocycles. The summed E-state index contributed by atoms with van der Waals surface area (Å²) in [7, 11) is 0. The number of hydrogen-bond acceptors (Lipinski definition) is 7. The molecule has 4 aromatic rings. The highest BCUT2D eigenvalue weighted by Gasteiger charge is 2.41. The minimum atomic E-state index is -1.50. The van der Waals surface area contributed by atoms with Crippen molar-refractivity contribution in [3.05, 3.63) is 66.0 Å². The van der Waals surface area contributed by atoms with E-state index in [1.165, 1.54) is 10.6 Å². The van der Waals surface area contributed by atoms with E-state index < -0.39 is 17.5 Å². The van der Waals surface area contributed by atoms with Gasteiger partial charge in [0.05, 0.1) is 0 Å². The van der Waals surface area contributed by atoms with Gasteiger partial charge in [0.2, 0.25) is 5.95 Å². The average Bonchev–Trinajstić information content (AvgIpc) is 3.25. The van der Waals surface area contributed by atoms with Crippen LogP contribution in [0.15, 0.2) is 42.9 Å². The van der Waals surface area contributed by atoms with E-state index in [4.69, 9.17) is 0 Å². The van der Waals surface area contributed by atoms with Crippen molar-refractivity contribution in [3.63, 3.8) is 0 Å². The molecule has 2 atom stereocenters. The fourth-order valence-electron chi connectivity index (χ4n) is 5.03. The summed E-state index contributed by atoms with van der Waals surface area (Å²) in [6.45, 7) is 3.68. The summed E-state index contributed by atoms with van der Waals surface area (Å²) in [4.78, 5) is 15.6. The summed E-state index contributed by atoms with van der Waals surface area (Å²) in [5.41, 5.74) is 1.59. The number of benzene rings is 1. The molecule has 2 unspecified atom stereocenters. The monoisotopic (exact) mass is 497 g/mol. The SMILES string of the molecule is Cc1cc(N2CC3CSCC(C2)C3Nc2nc3c(-c4ccc(F)c(F)c4F)cccn3n2)ncn1. The Balaban J connectivity index is 1.29. The van der Waals surface area contributed by atoms with Crippen LogP contribution in [0.1, 0.15) is 5.69 Å². The van der Waals surface area contributed by atoms with Crippen molar-refractivity contribution < 1.29 is 13.2 Å². The molecule has 35 heavy (non-hydrogen) atoms. The normalized spacial score (nSPS) is 21.9. The number of halogens is 3. The van der Waals surface area contributed by atoms with Gasteiger partial charge in [-0.25, -0.2) is 27.7 Å². The maximum Gasteiger partial charge on any atom is 0.243 e. The number of nitrogens with zero attached hydrogens (tertiary/aromatic N) is 6. The van der Waals surface area contributed by atoms with Gasteiger partial charge in [0, 0.05) is 60.1 Å². The zero-order valence-corrected chi connectivity index (χ0v) is 19.6. The standard InChI is InChI=1S/C24H22F3N7S/c1-13-7-19(29-12-28-13)33-8-14-10-35-11-15(9-33)22(14)30-24-31-23-17(3-2-6-34(23)32-24)16-4-5-18(25)21(27)20(16)26/h2-7,12,14-15,22H,8-11H2,1H3,(H,30,32). The molecule has 2 aliphatic heterocycles. The van der Waals surface area contributed by atoms with Crippen LogP contribution in [0, 0.1) is 36.2 Å². The van der Waals surface area contributed by atoms with Gasteiger partial charge in [-0.05, 0) is 42.7 Å². The number of anilines is 2. The van der Waals surface area contributed by atoms with E-state index in [0.717, 1.165) is 42.2 Å². The van der Waals surface area contributed by atoms with Crippen LogP contribution in [0.5, 0.6) is 0 Å². The minimum Gasteiger partial charge on any atom is -0.356 e. The first-order valence-corrected chi connectivity index (χ1v) is 12.5.